The van der Waals surface area contributed by atoms with Crippen molar-refractivity contribution in [1.82, 2.24) is 15.1 Å². The molecule has 0 atom stereocenters. The maximum absolute atomic E-state index is 11.9. The lowest BCUT2D eigenvalue weighted by molar-refractivity contribution is -0.384. The van der Waals surface area contributed by atoms with Gasteiger partial charge in [0.1, 0.15) is 0 Å². The summed E-state index contributed by atoms with van der Waals surface area (Å²) in [5.41, 5.74) is 0.570. The van der Waals surface area contributed by atoms with Crippen LogP contribution in [0.4, 0.5) is 5.69 Å². The van der Waals surface area contributed by atoms with Gasteiger partial charge in [-0.15, -0.1) is 0 Å². The Bertz CT molecular complexity index is 639. The Hall–Kier alpha value is -2.32. The molecule has 1 saturated heterocycles. The van der Waals surface area contributed by atoms with Crippen LogP contribution in [0.3, 0.4) is 0 Å². The molecule has 1 N–H and O–H groups in total. The van der Waals surface area contributed by atoms with Crippen LogP contribution in [0.1, 0.15) is 5.56 Å². The molecular formula is C15H18N4O3S. The Labute approximate surface area is 139 Å². The maximum Gasteiger partial charge on any atom is 0.270 e. The molecule has 0 unspecified atom stereocenters. The van der Waals surface area contributed by atoms with E-state index in [9.17, 15) is 14.9 Å². The molecule has 2 rings (SSSR count). The molecule has 0 radical (unpaired) electrons. The average Bonchev–Trinajstić information content (AvgIpc) is 2.53. The summed E-state index contributed by atoms with van der Waals surface area (Å²) in [5.74, 6) is -0.347. The van der Waals surface area contributed by atoms with E-state index in [1.165, 1.54) is 24.3 Å². The zero-order valence-corrected chi connectivity index (χ0v) is 13.6. The summed E-state index contributed by atoms with van der Waals surface area (Å²) in [6, 6.07) is 6.07. The predicted octanol–water partition coefficient (Wildman–Crippen LogP) is 1.26. The second-order valence-electron chi connectivity index (χ2n) is 5.27. The molecule has 23 heavy (non-hydrogen) atoms. The first-order valence-corrected chi connectivity index (χ1v) is 7.57. The molecule has 0 aliphatic carbocycles. The number of carbonyl (C=O) groups excluding carboxylic acids is 1. The number of nitro benzene ring substituents is 1. The Morgan fingerprint density at radius 2 is 2.04 bits per heavy atom. The summed E-state index contributed by atoms with van der Waals surface area (Å²) >= 11 is 5.23. The Balaban J connectivity index is 1.90. The van der Waals surface area contributed by atoms with E-state index in [0.717, 1.165) is 26.2 Å². The van der Waals surface area contributed by atoms with E-state index < -0.39 is 4.92 Å². The summed E-state index contributed by atoms with van der Waals surface area (Å²) in [6.07, 6.45) is 2.84. The molecule has 1 aromatic rings. The van der Waals surface area contributed by atoms with Crippen LogP contribution < -0.4 is 5.32 Å². The number of benzene rings is 1. The molecule has 0 bridgehead atoms. The topological polar surface area (TPSA) is 78.7 Å². The van der Waals surface area contributed by atoms with Crippen LogP contribution in [0.5, 0.6) is 0 Å². The number of hydrogen-bond acceptors (Lipinski definition) is 5. The molecule has 0 saturated carbocycles. The second-order valence-corrected chi connectivity index (χ2v) is 5.66. The molecule has 0 spiro atoms. The zero-order valence-electron chi connectivity index (χ0n) is 12.8. The molecule has 1 fully saturated rings. The molecule has 1 aromatic carbocycles. The third kappa shape index (κ3) is 5.11. The van der Waals surface area contributed by atoms with Crippen molar-refractivity contribution < 1.29 is 9.72 Å². The van der Waals surface area contributed by atoms with E-state index in [0.29, 0.717) is 10.7 Å². The monoisotopic (exact) mass is 334 g/mol. The number of non-ortho nitro benzene ring substituents is 1. The minimum Gasteiger partial charge on any atom is -0.346 e. The fraction of sp³-hybridized carbons (Fsp3) is 0.333. The zero-order chi connectivity index (χ0) is 16.8. The van der Waals surface area contributed by atoms with Crippen LogP contribution in [0.2, 0.25) is 0 Å². The van der Waals surface area contributed by atoms with Gasteiger partial charge >= 0.3 is 0 Å². The van der Waals surface area contributed by atoms with Crippen molar-refractivity contribution in [3.8, 4) is 0 Å². The minimum absolute atomic E-state index is 0.0134. The van der Waals surface area contributed by atoms with Crippen molar-refractivity contribution in [2.75, 3.05) is 33.2 Å². The van der Waals surface area contributed by atoms with Gasteiger partial charge in [0.25, 0.3) is 5.69 Å². The van der Waals surface area contributed by atoms with E-state index in [-0.39, 0.29) is 11.6 Å². The summed E-state index contributed by atoms with van der Waals surface area (Å²) < 4.78 is 0. The fourth-order valence-corrected chi connectivity index (χ4v) is 2.43. The van der Waals surface area contributed by atoms with Crippen LogP contribution in [0, 0.1) is 10.1 Å². The number of likely N-dealkylation sites (N-methyl/N-ethyl adjacent to an activating group) is 1. The number of nitro groups is 1. The van der Waals surface area contributed by atoms with Gasteiger partial charge in [0.05, 0.1) is 4.92 Å². The molecule has 1 aliphatic rings. The molecule has 1 amide bonds. The van der Waals surface area contributed by atoms with Crippen molar-refractivity contribution in [2.24, 2.45) is 0 Å². The van der Waals surface area contributed by atoms with Crippen LogP contribution in [0.25, 0.3) is 6.08 Å². The smallest absolute Gasteiger partial charge is 0.270 e. The predicted molar refractivity (Wildman–Crippen MR) is 91.9 cm³/mol. The number of nitrogens with zero attached hydrogens (tertiary/aromatic N) is 3. The van der Waals surface area contributed by atoms with Crippen LogP contribution in [-0.4, -0.2) is 59.0 Å². The Morgan fingerprint density at radius 3 is 2.70 bits per heavy atom. The van der Waals surface area contributed by atoms with Gasteiger partial charge in [-0.05, 0) is 30.9 Å². The summed E-state index contributed by atoms with van der Waals surface area (Å²) in [6.45, 7) is 3.37. The molecule has 7 nitrogen and oxygen atoms in total. The maximum atomic E-state index is 11.9. The quantitative estimate of drug-likeness (QED) is 0.388. The number of nitrogens with one attached hydrogen (secondary N) is 1. The standard InChI is InChI=1S/C15H18N4O3S/c1-17-7-9-18(10-8-17)15(23)16-14(20)6-5-12-3-2-4-13(11-12)19(21)22/h2-6,11H,7-10H2,1H3,(H,16,20,23)/b6-5+. The number of piperazine rings is 1. The van der Waals surface area contributed by atoms with Gasteiger partial charge in [-0.25, -0.2) is 0 Å². The van der Waals surface area contributed by atoms with Crippen LogP contribution >= 0.6 is 12.2 Å². The lowest BCUT2D eigenvalue weighted by Crippen LogP contribution is -2.51. The molecule has 1 heterocycles. The highest BCUT2D eigenvalue weighted by atomic mass is 32.1. The molecule has 1 aliphatic heterocycles. The third-order valence-electron chi connectivity index (χ3n) is 3.53. The SMILES string of the molecule is CN1CCN(C(=S)NC(=O)/C=C/c2cccc([N+](=O)[O-])c2)CC1. The van der Waals surface area contributed by atoms with E-state index >= 15 is 0 Å². The average molecular weight is 334 g/mol. The van der Waals surface area contributed by atoms with Gasteiger partial charge in [0.2, 0.25) is 5.91 Å². The Morgan fingerprint density at radius 1 is 1.35 bits per heavy atom. The molecule has 8 heteroatoms. The highest BCUT2D eigenvalue weighted by molar-refractivity contribution is 7.80. The first-order chi connectivity index (χ1) is 11.0. The van der Waals surface area contributed by atoms with Crippen molar-refractivity contribution in [3.05, 3.63) is 46.0 Å². The van der Waals surface area contributed by atoms with Crippen LogP contribution in [-0.2, 0) is 4.79 Å². The first-order valence-electron chi connectivity index (χ1n) is 7.16. The lowest BCUT2D eigenvalue weighted by atomic mass is 10.2. The van der Waals surface area contributed by atoms with Crippen molar-refractivity contribution >= 4 is 35.0 Å². The van der Waals surface area contributed by atoms with E-state index in [1.54, 1.807) is 12.1 Å². The van der Waals surface area contributed by atoms with Gasteiger partial charge in [-0.2, -0.15) is 0 Å². The molecule has 122 valence electrons. The summed E-state index contributed by atoms with van der Waals surface area (Å²) in [4.78, 5) is 26.3. The number of amides is 1. The highest BCUT2D eigenvalue weighted by Gasteiger charge is 2.17. The summed E-state index contributed by atoms with van der Waals surface area (Å²) in [5, 5.41) is 13.8. The van der Waals surface area contributed by atoms with Gasteiger partial charge < -0.3 is 9.80 Å². The van der Waals surface area contributed by atoms with Crippen molar-refractivity contribution in [2.45, 2.75) is 0 Å². The Kier molecular flexibility index (Phi) is 5.78. The van der Waals surface area contributed by atoms with Gasteiger partial charge in [-0.3, -0.25) is 20.2 Å². The lowest BCUT2D eigenvalue weighted by Gasteiger charge is -2.33. The van der Waals surface area contributed by atoms with Gasteiger partial charge in [0.15, 0.2) is 5.11 Å². The van der Waals surface area contributed by atoms with Crippen LogP contribution in [0.15, 0.2) is 30.3 Å². The normalized spacial score (nSPS) is 15.6. The molecular weight excluding hydrogens is 316 g/mol. The summed E-state index contributed by atoms with van der Waals surface area (Å²) in [7, 11) is 2.04. The third-order valence-corrected chi connectivity index (χ3v) is 3.89. The molecule has 0 aromatic heterocycles. The number of rotatable bonds is 3. The van der Waals surface area contributed by atoms with E-state index in [4.69, 9.17) is 12.2 Å². The van der Waals surface area contributed by atoms with Gasteiger partial charge in [-0.1, -0.05) is 12.1 Å². The van der Waals surface area contributed by atoms with E-state index in [1.807, 2.05) is 11.9 Å². The minimum atomic E-state index is -0.472. The second kappa shape index (κ2) is 7.80. The largest absolute Gasteiger partial charge is 0.346 e. The number of carbonyl (C=O) groups is 1. The number of thiocarbonyl (C=S) groups is 1. The van der Waals surface area contributed by atoms with Crippen molar-refractivity contribution in [3.63, 3.8) is 0 Å². The first kappa shape index (κ1) is 17.0. The highest BCUT2D eigenvalue weighted by Crippen LogP contribution is 2.14. The van der Waals surface area contributed by atoms with Crippen molar-refractivity contribution in [1.29, 1.82) is 0 Å². The van der Waals surface area contributed by atoms with Gasteiger partial charge in [0, 0.05) is 44.4 Å². The number of hydrogen-bond donors (Lipinski definition) is 1. The van der Waals surface area contributed by atoms with E-state index in [2.05, 4.69) is 10.2 Å². The fourth-order valence-electron chi connectivity index (χ4n) is 2.15.